The Balaban J connectivity index is 1.25. The van der Waals surface area contributed by atoms with Crippen molar-refractivity contribution in [3.8, 4) is 22.5 Å². The van der Waals surface area contributed by atoms with E-state index in [1.807, 2.05) is 0 Å². The molecule has 3 heterocycles. The summed E-state index contributed by atoms with van der Waals surface area (Å²) >= 11 is 0. The van der Waals surface area contributed by atoms with E-state index in [9.17, 15) is 0 Å². The molecule has 0 radical (unpaired) electrons. The molecule has 0 aliphatic rings. The number of benzene rings is 7. The fraction of sp³-hybridized carbons (Fsp3) is 0. The summed E-state index contributed by atoms with van der Waals surface area (Å²) in [5.74, 6) is 0. The summed E-state index contributed by atoms with van der Waals surface area (Å²) in [4.78, 5) is 0. The Morgan fingerprint density at radius 1 is 0.356 bits per heavy atom. The minimum atomic E-state index is 0.919. The molecule has 210 valence electrons. The molecule has 0 saturated carbocycles. The number of hydrogen-bond acceptors (Lipinski definition) is 1. The van der Waals surface area contributed by atoms with E-state index in [1.165, 1.54) is 32.7 Å². The number of para-hydroxylation sites is 5. The SMILES string of the molecule is c1ccc(-n2c3ccccc3c3cc(-c4cccc5c4oc4c5ccc5c4c4ccccc4n5-c4ccccc4)ccc32)cc1. The Labute approximate surface area is 258 Å². The fourth-order valence-corrected chi connectivity index (χ4v) is 7.39. The first-order valence-electron chi connectivity index (χ1n) is 15.4. The molecule has 3 heteroatoms. The largest absolute Gasteiger partial charge is 0.455 e. The van der Waals surface area contributed by atoms with Crippen molar-refractivity contribution in [3.63, 3.8) is 0 Å². The van der Waals surface area contributed by atoms with Crippen LogP contribution in [0.3, 0.4) is 0 Å². The molecule has 3 nitrogen and oxygen atoms in total. The van der Waals surface area contributed by atoms with Crippen molar-refractivity contribution in [2.24, 2.45) is 0 Å². The van der Waals surface area contributed by atoms with Crippen LogP contribution in [0.15, 0.2) is 162 Å². The van der Waals surface area contributed by atoms with Crippen molar-refractivity contribution in [2.75, 3.05) is 0 Å². The maximum absolute atomic E-state index is 6.96. The van der Waals surface area contributed by atoms with E-state index >= 15 is 0 Å². The maximum Gasteiger partial charge on any atom is 0.145 e. The van der Waals surface area contributed by atoms with Gasteiger partial charge in [0.1, 0.15) is 11.2 Å². The first kappa shape index (κ1) is 24.4. The first-order chi connectivity index (χ1) is 22.3. The van der Waals surface area contributed by atoms with E-state index < -0.39 is 0 Å². The third-order valence-electron chi connectivity index (χ3n) is 9.31. The lowest BCUT2D eigenvalue weighted by atomic mass is 10.00. The van der Waals surface area contributed by atoms with Crippen molar-refractivity contribution in [1.82, 2.24) is 9.13 Å². The smallest absolute Gasteiger partial charge is 0.145 e. The van der Waals surface area contributed by atoms with Crippen molar-refractivity contribution in [2.45, 2.75) is 0 Å². The van der Waals surface area contributed by atoms with Gasteiger partial charge in [-0.3, -0.25) is 0 Å². The van der Waals surface area contributed by atoms with Crippen molar-refractivity contribution in [3.05, 3.63) is 158 Å². The van der Waals surface area contributed by atoms with Gasteiger partial charge in [0.25, 0.3) is 0 Å². The van der Waals surface area contributed by atoms with E-state index in [1.54, 1.807) is 0 Å². The van der Waals surface area contributed by atoms with Gasteiger partial charge in [0.05, 0.1) is 27.5 Å². The molecule has 10 rings (SSSR count). The standard InChI is InChI=1S/C42H26N2O/c1-3-12-28(13-4-1)43-36-20-9-7-16-31(36)35-26-27(22-24-38(35)43)30-18-11-19-32-33-23-25-39-40(42(33)45-41(30)32)34-17-8-10-21-37(34)44(39)29-14-5-2-6-15-29/h1-26H. The minimum absolute atomic E-state index is 0.919. The van der Waals surface area contributed by atoms with Crippen LogP contribution in [0.25, 0.3) is 88.1 Å². The van der Waals surface area contributed by atoms with Crippen LogP contribution in [-0.2, 0) is 0 Å². The second kappa shape index (κ2) is 9.22. The summed E-state index contributed by atoms with van der Waals surface area (Å²) in [6.45, 7) is 0. The van der Waals surface area contributed by atoms with Gasteiger partial charge < -0.3 is 13.6 Å². The highest BCUT2D eigenvalue weighted by atomic mass is 16.3. The molecule has 0 saturated heterocycles. The molecule has 0 unspecified atom stereocenters. The van der Waals surface area contributed by atoms with Gasteiger partial charge in [-0.15, -0.1) is 0 Å². The van der Waals surface area contributed by atoms with E-state index in [-0.39, 0.29) is 0 Å². The van der Waals surface area contributed by atoms with Crippen LogP contribution in [0.2, 0.25) is 0 Å². The van der Waals surface area contributed by atoms with Crippen LogP contribution >= 0.6 is 0 Å². The summed E-state index contributed by atoms with van der Waals surface area (Å²) in [5, 5.41) is 7.08. The normalized spacial score (nSPS) is 12.0. The lowest BCUT2D eigenvalue weighted by molar-refractivity contribution is 0.674. The van der Waals surface area contributed by atoms with Gasteiger partial charge in [-0.25, -0.2) is 0 Å². The molecule has 45 heavy (non-hydrogen) atoms. The van der Waals surface area contributed by atoms with Crippen LogP contribution < -0.4 is 0 Å². The number of aromatic nitrogens is 2. The molecular weight excluding hydrogens is 548 g/mol. The summed E-state index contributed by atoms with van der Waals surface area (Å²) in [6.07, 6.45) is 0. The molecule has 0 amide bonds. The molecule has 0 bridgehead atoms. The van der Waals surface area contributed by atoms with Crippen LogP contribution in [0.1, 0.15) is 0 Å². The Bertz CT molecular complexity index is 2740. The third-order valence-corrected chi connectivity index (χ3v) is 9.31. The molecule has 0 atom stereocenters. The zero-order valence-corrected chi connectivity index (χ0v) is 24.3. The maximum atomic E-state index is 6.96. The summed E-state index contributed by atoms with van der Waals surface area (Å²) < 4.78 is 11.7. The van der Waals surface area contributed by atoms with Crippen LogP contribution in [0.5, 0.6) is 0 Å². The Kier molecular flexibility index (Phi) is 5.00. The second-order valence-corrected chi connectivity index (χ2v) is 11.7. The van der Waals surface area contributed by atoms with Gasteiger partial charge in [-0.1, -0.05) is 97.1 Å². The summed E-state index contributed by atoms with van der Waals surface area (Å²) in [6, 6.07) is 56.3. The fourth-order valence-electron chi connectivity index (χ4n) is 7.39. The molecule has 7 aromatic carbocycles. The highest BCUT2D eigenvalue weighted by Gasteiger charge is 2.20. The van der Waals surface area contributed by atoms with Crippen LogP contribution in [0, 0.1) is 0 Å². The van der Waals surface area contributed by atoms with Crippen molar-refractivity contribution < 1.29 is 4.42 Å². The second-order valence-electron chi connectivity index (χ2n) is 11.7. The molecule has 0 aliphatic carbocycles. The van der Waals surface area contributed by atoms with Crippen molar-refractivity contribution >= 4 is 65.6 Å². The van der Waals surface area contributed by atoms with Gasteiger partial charge in [0.15, 0.2) is 0 Å². The Hall–Kier alpha value is -6.06. The molecular formula is C42H26N2O. The highest BCUT2D eigenvalue weighted by molar-refractivity contribution is 6.25. The van der Waals surface area contributed by atoms with Gasteiger partial charge in [-0.05, 0) is 66.2 Å². The predicted molar refractivity (Wildman–Crippen MR) is 188 cm³/mol. The molecule has 0 spiro atoms. The third kappa shape index (κ3) is 3.41. The molecule has 0 aliphatic heterocycles. The zero-order chi connectivity index (χ0) is 29.5. The minimum Gasteiger partial charge on any atom is -0.455 e. The predicted octanol–water partition coefficient (Wildman–Crippen LogP) is 11.4. The lowest BCUT2D eigenvalue weighted by Gasteiger charge is -2.08. The molecule has 10 aromatic rings. The topological polar surface area (TPSA) is 23.0 Å². The quantitative estimate of drug-likeness (QED) is 0.206. The molecule has 3 aromatic heterocycles. The average molecular weight is 575 g/mol. The zero-order valence-electron chi connectivity index (χ0n) is 24.3. The van der Waals surface area contributed by atoms with Gasteiger partial charge in [0.2, 0.25) is 0 Å². The molecule has 0 fully saturated rings. The monoisotopic (exact) mass is 574 g/mol. The van der Waals surface area contributed by atoms with Crippen LogP contribution in [-0.4, -0.2) is 9.13 Å². The average Bonchev–Trinajstić information content (AvgIpc) is 3.76. The number of fused-ring (bicyclic) bond motifs is 10. The van der Waals surface area contributed by atoms with Crippen LogP contribution in [0.4, 0.5) is 0 Å². The summed E-state index contributed by atoms with van der Waals surface area (Å²) in [7, 11) is 0. The lowest BCUT2D eigenvalue weighted by Crippen LogP contribution is -1.92. The molecule has 0 N–H and O–H groups in total. The number of hydrogen-bond donors (Lipinski definition) is 0. The number of furan rings is 1. The number of rotatable bonds is 3. The highest BCUT2D eigenvalue weighted by Crippen LogP contribution is 2.43. The van der Waals surface area contributed by atoms with E-state index in [0.717, 1.165) is 55.3 Å². The van der Waals surface area contributed by atoms with Gasteiger partial charge in [0, 0.05) is 43.9 Å². The van der Waals surface area contributed by atoms with Gasteiger partial charge in [-0.2, -0.15) is 0 Å². The van der Waals surface area contributed by atoms with Gasteiger partial charge >= 0.3 is 0 Å². The number of nitrogens with zero attached hydrogens (tertiary/aromatic N) is 2. The Morgan fingerprint density at radius 2 is 0.911 bits per heavy atom. The van der Waals surface area contributed by atoms with Crippen molar-refractivity contribution in [1.29, 1.82) is 0 Å². The van der Waals surface area contributed by atoms with E-state index in [2.05, 4.69) is 167 Å². The van der Waals surface area contributed by atoms with E-state index in [4.69, 9.17) is 4.42 Å². The summed E-state index contributed by atoms with van der Waals surface area (Å²) in [5.41, 5.74) is 11.1. The first-order valence-corrected chi connectivity index (χ1v) is 15.4. The Morgan fingerprint density at radius 3 is 1.67 bits per heavy atom. The van der Waals surface area contributed by atoms with E-state index in [0.29, 0.717) is 0 Å².